The highest BCUT2D eigenvalue weighted by Crippen LogP contribution is 2.23. The SMILES string of the molecule is CC(=O)NCCc1ccc(C(=O)COC(=O)c2ccc(Br)s2)s1. The molecule has 5 nitrogen and oxygen atoms in total. The molecule has 0 fully saturated rings. The average Bonchev–Trinajstić information content (AvgIpc) is 3.13. The number of halogens is 1. The summed E-state index contributed by atoms with van der Waals surface area (Å²) in [6.07, 6.45) is 0.667. The van der Waals surface area contributed by atoms with Gasteiger partial charge in [-0.25, -0.2) is 4.79 Å². The van der Waals surface area contributed by atoms with Gasteiger partial charge in [0.2, 0.25) is 11.7 Å². The number of ketones is 1. The van der Waals surface area contributed by atoms with Gasteiger partial charge in [0.15, 0.2) is 6.61 Å². The van der Waals surface area contributed by atoms with E-state index in [0.717, 1.165) is 8.66 Å². The van der Waals surface area contributed by atoms with Crippen LogP contribution >= 0.6 is 38.6 Å². The fraction of sp³-hybridized carbons (Fsp3) is 0.267. The Morgan fingerprint density at radius 1 is 1.13 bits per heavy atom. The molecule has 0 aromatic carbocycles. The normalized spacial score (nSPS) is 10.3. The number of carbonyl (C=O) groups is 3. The summed E-state index contributed by atoms with van der Waals surface area (Å²) >= 11 is 5.87. The monoisotopic (exact) mass is 415 g/mol. The molecule has 0 radical (unpaired) electrons. The molecule has 0 unspecified atom stereocenters. The lowest BCUT2D eigenvalue weighted by Crippen LogP contribution is -2.22. The number of esters is 1. The number of Topliss-reactive ketones (excluding diaryl/α,β-unsaturated/α-hetero) is 1. The lowest BCUT2D eigenvalue weighted by Gasteiger charge is -2.01. The van der Waals surface area contributed by atoms with Gasteiger partial charge in [-0.05, 0) is 46.6 Å². The Morgan fingerprint density at radius 2 is 1.87 bits per heavy atom. The first-order chi connectivity index (χ1) is 11.0. The van der Waals surface area contributed by atoms with Crippen molar-refractivity contribution in [3.05, 3.63) is 42.7 Å². The second-order valence-corrected chi connectivity index (χ2v) is 8.23. The molecule has 8 heteroatoms. The van der Waals surface area contributed by atoms with Crippen LogP contribution < -0.4 is 5.32 Å². The van der Waals surface area contributed by atoms with Crippen LogP contribution in [0.4, 0.5) is 0 Å². The Labute approximate surface area is 149 Å². The van der Waals surface area contributed by atoms with E-state index in [1.807, 2.05) is 6.07 Å². The minimum Gasteiger partial charge on any atom is -0.453 e. The summed E-state index contributed by atoms with van der Waals surface area (Å²) in [5.74, 6) is -0.814. The fourth-order valence-electron chi connectivity index (χ4n) is 1.72. The number of amides is 1. The van der Waals surface area contributed by atoms with E-state index in [1.54, 1.807) is 18.2 Å². The molecule has 122 valence electrons. The van der Waals surface area contributed by atoms with E-state index in [1.165, 1.54) is 29.6 Å². The lowest BCUT2D eigenvalue weighted by molar-refractivity contribution is -0.118. The highest BCUT2D eigenvalue weighted by atomic mass is 79.9. The Hall–Kier alpha value is -1.51. The molecule has 1 amide bonds. The Morgan fingerprint density at radius 3 is 2.52 bits per heavy atom. The molecule has 0 aliphatic heterocycles. The van der Waals surface area contributed by atoms with Gasteiger partial charge in [-0.2, -0.15) is 0 Å². The Balaban J connectivity index is 1.82. The van der Waals surface area contributed by atoms with E-state index in [4.69, 9.17) is 4.74 Å². The lowest BCUT2D eigenvalue weighted by atomic mass is 10.3. The van der Waals surface area contributed by atoms with Gasteiger partial charge in [0, 0.05) is 18.3 Å². The van der Waals surface area contributed by atoms with Gasteiger partial charge in [-0.3, -0.25) is 9.59 Å². The number of nitrogens with one attached hydrogen (secondary N) is 1. The van der Waals surface area contributed by atoms with Crippen molar-refractivity contribution in [3.8, 4) is 0 Å². The number of hydrogen-bond donors (Lipinski definition) is 1. The molecule has 2 rings (SSSR count). The molecule has 0 spiro atoms. The third-order valence-electron chi connectivity index (χ3n) is 2.79. The molecule has 0 saturated carbocycles. The fourth-order valence-corrected chi connectivity index (χ4v) is 3.93. The van der Waals surface area contributed by atoms with Crippen LogP contribution in [0.5, 0.6) is 0 Å². The maximum absolute atomic E-state index is 12.0. The van der Waals surface area contributed by atoms with Gasteiger partial charge in [0.05, 0.1) is 8.66 Å². The van der Waals surface area contributed by atoms with E-state index in [2.05, 4.69) is 21.2 Å². The van der Waals surface area contributed by atoms with Gasteiger partial charge >= 0.3 is 5.97 Å². The van der Waals surface area contributed by atoms with Crippen molar-refractivity contribution in [1.29, 1.82) is 0 Å². The Kier molecular flexibility index (Phi) is 6.49. The second-order valence-electron chi connectivity index (χ2n) is 4.60. The zero-order valence-electron chi connectivity index (χ0n) is 12.3. The van der Waals surface area contributed by atoms with E-state index < -0.39 is 5.97 Å². The molecule has 0 saturated heterocycles. The van der Waals surface area contributed by atoms with Crippen LogP contribution in [0.2, 0.25) is 0 Å². The maximum Gasteiger partial charge on any atom is 0.348 e. The summed E-state index contributed by atoms with van der Waals surface area (Å²) in [6, 6.07) is 6.96. The van der Waals surface area contributed by atoms with Crippen molar-refractivity contribution in [2.45, 2.75) is 13.3 Å². The minimum absolute atomic E-state index is 0.0787. The van der Waals surface area contributed by atoms with Crippen LogP contribution in [0, 0.1) is 0 Å². The van der Waals surface area contributed by atoms with Gasteiger partial charge in [0.25, 0.3) is 0 Å². The van der Waals surface area contributed by atoms with Crippen molar-refractivity contribution in [2.24, 2.45) is 0 Å². The summed E-state index contributed by atoms with van der Waals surface area (Å²) < 4.78 is 5.86. The van der Waals surface area contributed by atoms with Crippen LogP contribution in [-0.2, 0) is 16.0 Å². The molecule has 0 aliphatic carbocycles. The summed E-state index contributed by atoms with van der Waals surface area (Å²) in [5.41, 5.74) is 0. The quantitative estimate of drug-likeness (QED) is 0.556. The molecule has 23 heavy (non-hydrogen) atoms. The van der Waals surface area contributed by atoms with Gasteiger partial charge in [-0.15, -0.1) is 22.7 Å². The number of ether oxygens (including phenoxy) is 1. The van der Waals surface area contributed by atoms with Crippen LogP contribution in [0.15, 0.2) is 28.1 Å². The smallest absolute Gasteiger partial charge is 0.348 e. The van der Waals surface area contributed by atoms with Crippen LogP contribution in [-0.4, -0.2) is 30.8 Å². The summed E-state index contributed by atoms with van der Waals surface area (Å²) in [7, 11) is 0. The van der Waals surface area contributed by atoms with Crippen molar-refractivity contribution in [2.75, 3.05) is 13.2 Å². The predicted octanol–water partition coefficient (Wildman–Crippen LogP) is 3.29. The molecule has 1 N–H and O–H groups in total. The first kappa shape index (κ1) is 17.8. The molecule has 2 aromatic heterocycles. The number of hydrogen-bond acceptors (Lipinski definition) is 6. The number of rotatable bonds is 7. The van der Waals surface area contributed by atoms with E-state index >= 15 is 0 Å². The minimum atomic E-state index is -0.503. The zero-order valence-corrected chi connectivity index (χ0v) is 15.5. The molecular weight excluding hydrogens is 402 g/mol. The molecule has 2 aromatic rings. The highest BCUT2D eigenvalue weighted by molar-refractivity contribution is 9.11. The van der Waals surface area contributed by atoms with Crippen molar-refractivity contribution in [3.63, 3.8) is 0 Å². The predicted molar refractivity (Wildman–Crippen MR) is 93.3 cm³/mol. The van der Waals surface area contributed by atoms with Crippen LogP contribution in [0.25, 0.3) is 0 Å². The zero-order chi connectivity index (χ0) is 16.8. The molecule has 2 heterocycles. The molecular formula is C15H14BrNO4S2. The van der Waals surface area contributed by atoms with Crippen molar-refractivity contribution in [1.82, 2.24) is 5.32 Å². The first-order valence-electron chi connectivity index (χ1n) is 6.74. The van der Waals surface area contributed by atoms with Crippen LogP contribution in [0.3, 0.4) is 0 Å². The summed E-state index contributed by atoms with van der Waals surface area (Å²) in [5, 5.41) is 2.70. The van der Waals surface area contributed by atoms with Crippen LogP contribution in [0.1, 0.15) is 31.1 Å². The van der Waals surface area contributed by atoms with E-state index in [-0.39, 0.29) is 18.3 Å². The summed E-state index contributed by atoms with van der Waals surface area (Å²) in [6.45, 7) is 1.72. The Bertz CT molecular complexity index is 723. The second kappa shape index (κ2) is 8.37. The van der Waals surface area contributed by atoms with Gasteiger partial charge in [-0.1, -0.05) is 0 Å². The average molecular weight is 416 g/mol. The van der Waals surface area contributed by atoms with Gasteiger partial charge in [0.1, 0.15) is 4.88 Å². The standard InChI is InChI=1S/C15H14BrNO4S2/c1-9(18)17-7-6-10-2-3-12(22-10)11(19)8-21-15(20)13-4-5-14(16)23-13/h2-5H,6-8H2,1H3,(H,17,18). The number of thiophene rings is 2. The van der Waals surface area contributed by atoms with E-state index in [0.29, 0.717) is 22.7 Å². The first-order valence-corrected chi connectivity index (χ1v) is 9.17. The van der Waals surface area contributed by atoms with Gasteiger partial charge < -0.3 is 10.1 Å². The molecule has 0 atom stereocenters. The molecule has 0 bridgehead atoms. The highest BCUT2D eigenvalue weighted by Gasteiger charge is 2.15. The number of carbonyl (C=O) groups excluding carboxylic acids is 3. The third kappa shape index (κ3) is 5.56. The van der Waals surface area contributed by atoms with Crippen molar-refractivity contribution < 1.29 is 19.1 Å². The largest absolute Gasteiger partial charge is 0.453 e. The van der Waals surface area contributed by atoms with Crippen molar-refractivity contribution >= 4 is 56.3 Å². The molecule has 0 aliphatic rings. The van der Waals surface area contributed by atoms with E-state index in [9.17, 15) is 14.4 Å². The summed E-state index contributed by atoms with van der Waals surface area (Å²) in [4.78, 5) is 36.6. The topological polar surface area (TPSA) is 72.5 Å². The third-order valence-corrected chi connectivity index (χ3v) is 5.58. The maximum atomic E-state index is 12.0.